The number of carbonyl (C=O) groups excluding carboxylic acids is 1. The summed E-state index contributed by atoms with van der Waals surface area (Å²) in [5.41, 5.74) is 2.39. The maximum absolute atomic E-state index is 12.5. The molecule has 0 atom stereocenters. The Labute approximate surface area is 167 Å². The quantitative estimate of drug-likeness (QED) is 0.570. The standard InChI is InChI=1S/C20H18Cl2N4O/c21-14-9-15(22)11-16(10-14)23-20(27)24-19-12-17(8-13-6-7-13)25-26(19)18-4-2-1-3-5-18/h1-5,9-13H,6-8H2,(H2,23,24,27). The number of nitrogens with one attached hydrogen (secondary N) is 2. The number of hydrogen-bond acceptors (Lipinski definition) is 2. The van der Waals surface area contributed by atoms with Crippen molar-refractivity contribution < 1.29 is 4.79 Å². The fraction of sp³-hybridized carbons (Fsp3) is 0.200. The van der Waals surface area contributed by atoms with Gasteiger partial charge in [-0.15, -0.1) is 0 Å². The highest BCUT2D eigenvalue weighted by Crippen LogP contribution is 2.33. The molecule has 2 aromatic carbocycles. The third-order valence-electron chi connectivity index (χ3n) is 4.32. The molecule has 0 radical (unpaired) electrons. The first-order valence-electron chi connectivity index (χ1n) is 8.75. The lowest BCUT2D eigenvalue weighted by Crippen LogP contribution is -2.21. The normalized spacial score (nSPS) is 13.4. The second-order valence-electron chi connectivity index (χ2n) is 6.65. The van der Waals surface area contributed by atoms with Crippen molar-refractivity contribution in [1.29, 1.82) is 0 Å². The smallest absolute Gasteiger partial charge is 0.308 e. The molecule has 3 aromatic rings. The Morgan fingerprint density at radius 1 is 1.04 bits per heavy atom. The largest absolute Gasteiger partial charge is 0.324 e. The van der Waals surface area contributed by atoms with Crippen LogP contribution in [0.3, 0.4) is 0 Å². The molecular weight excluding hydrogens is 383 g/mol. The van der Waals surface area contributed by atoms with Gasteiger partial charge in [0.15, 0.2) is 0 Å². The predicted octanol–water partition coefficient (Wildman–Crippen LogP) is 5.78. The average Bonchev–Trinajstić information content (AvgIpc) is 3.34. The molecule has 1 aliphatic carbocycles. The second kappa shape index (κ2) is 7.62. The lowest BCUT2D eigenvalue weighted by atomic mass is 10.2. The molecule has 1 heterocycles. The van der Waals surface area contributed by atoms with Crippen LogP contribution in [0.15, 0.2) is 54.6 Å². The van der Waals surface area contributed by atoms with E-state index in [1.54, 1.807) is 22.9 Å². The molecule has 5 nitrogen and oxygen atoms in total. The zero-order valence-corrected chi connectivity index (χ0v) is 16.0. The van der Waals surface area contributed by atoms with E-state index in [0.29, 0.717) is 27.5 Å². The molecule has 7 heteroatoms. The Morgan fingerprint density at radius 2 is 1.74 bits per heavy atom. The number of benzene rings is 2. The van der Waals surface area contributed by atoms with E-state index in [4.69, 9.17) is 23.2 Å². The minimum absolute atomic E-state index is 0.386. The van der Waals surface area contributed by atoms with Crippen molar-refractivity contribution in [1.82, 2.24) is 9.78 Å². The summed E-state index contributed by atoms with van der Waals surface area (Å²) in [4.78, 5) is 12.5. The third kappa shape index (κ3) is 4.62. The Kier molecular flexibility index (Phi) is 5.05. The van der Waals surface area contributed by atoms with Gasteiger partial charge in [-0.05, 0) is 55.5 Å². The van der Waals surface area contributed by atoms with Crippen molar-refractivity contribution in [3.05, 3.63) is 70.3 Å². The summed E-state index contributed by atoms with van der Waals surface area (Å²) in [6.07, 6.45) is 3.42. The van der Waals surface area contributed by atoms with Crippen LogP contribution in [0.4, 0.5) is 16.3 Å². The van der Waals surface area contributed by atoms with E-state index in [1.165, 1.54) is 12.8 Å². The molecule has 2 N–H and O–H groups in total. The zero-order valence-electron chi connectivity index (χ0n) is 14.5. The van der Waals surface area contributed by atoms with Crippen LogP contribution in [0.25, 0.3) is 5.69 Å². The first kappa shape index (κ1) is 17.9. The number of rotatable bonds is 5. The summed E-state index contributed by atoms with van der Waals surface area (Å²) in [6.45, 7) is 0. The minimum atomic E-state index is -0.386. The summed E-state index contributed by atoms with van der Waals surface area (Å²) in [5, 5.41) is 11.2. The van der Waals surface area contributed by atoms with Crippen LogP contribution in [-0.4, -0.2) is 15.8 Å². The number of nitrogens with zero attached hydrogens (tertiary/aromatic N) is 2. The molecule has 4 rings (SSSR count). The number of urea groups is 1. The molecule has 1 aromatic heterocycles. The van der Waals surface area contributed by atoms with E-state index in [1.807, 2.05) is 36.4 Å². The fourth-order valence-corrected chi connectivity index (χ4v) is 3.43. The first-order valence-corrected chi connectivity index (χ1v) is 9.51. The van der Waals surface area contributed by atoms with Crippen molar-refractivity contribution in [3.63, 3.8) is 0 Å². The maximum atomic E-state index is 12.5. The van der Waals surface area contributed by atoms with Gasteiger partial charge in [-0.2, -0.15) is 5.10 Å². The van der Waals surface area contributed by atoms with Crippen molar-refractivity contribution in [3.8, 4) is 5.69 Å². The Morgan fingerprint density at radius 3 is 2.41 bits per heavy atom. The molecule has 0 saturated heterocycles. The lowest BCUT2D eigenvalue weighted by Gasteiger charge is -2.10. The van der Waals surface area contributed by atoms with Gasteiger partial charge in [0.2, 0.25) is 0 Å². The molecule has 1 fully saturated rings. The van der Waals surface area contributed by atoms with Crippen LogP contribution in [-0.2, 0) is 6.42 Å². The van der Waals surface area contributed by atoms with Crippen LogP contribution >= 0.6 is 23.2 Å². The minimum Gasteiger partial charge on any atom is -0.308 e. The average molecular weight is 401 g/mol. The molecule has 0 bridgehead atoms. The van der Waals surface area contributed by atoms with E-state index in [0.717, 1.165) is 17.8 Å². The van der Waals surface area contributed by atoms with Gasteiger partial charge < -0.3 is 5.32 Å². The van der Waals surface area contributed by atoms with E-state index >= 15 is 0 Å². The van der Waals surface area contributed by atoms with E-state index in [9.17, 15) is 4.79 Å². The van der Waals surface area contributed by atoms with Crippen molar-refractivity contribution in [2.24, 2.45) is 5.92 Å². The van der Waals surface area contributed by atoms with Crippen LogP contribution in [0, 0.1) is 5.92 Å². The molecule has 0 unspecified atom stereocenters. The SMILES string of the molecule is O=C(Nc1cc(Cl)cc(Cl)c1)Nc1cc(CC2CC2)nn1-c1ccccc1. The van der Waals surface area contributed by atoms with Gasteiger partial charge in [-0.1, -0.05) is 41.4 Å². The van der Waals surface area contributed by atoms with Crippen LogP contribution in [0.2, 0.25) is 10.0 Å². The molecule has 1 aliphatic rings. The van der Waals surface area contributed by atoms with Gasteiger partial charge in [0, 0.05) is 21.8 Å². The molecular formula is C20H18Cl2N4O. The monoisotopic (exact) mass is 400 g/mol. The van der Waals surface area contributed by atoms with Gasteiger partial charge in [-0.3, -0.25) is 5.32 Å². The predicted molar refractivity (Wildman–Crippen MR) is 109 cm³/mol. The highest BCUT2D eigenvalue weighted by atomic mass is 35.5. The van der Waals surface area contributed by atoms with Crippen molar-refractivity contribution in [2.45, 2.75) is 19.3 Å². The summed E-state index contributed by atoms with van der Waals surface area (Å²) < 4.78 is 1.75. The van der Waals surface area contributed by atoms with Gasteiger partial charge in [0.1, 0.15) is 5.82 Å². The summed E-state index contributed by atoms with van der Waals surface area (Å²) in [5.74, 6) is 1.32. The van der Waals surface area contributed by atoms with Crippen molar-refractivity contribution in [2.75, 3.05) is 10.6 Å². The molecule has 0 spiro atoms. The lowest BCUT2D eigenvalue weighted by molar-refractivity contribution is 0.262. The number of para-hydroxylation sites is 1. The highest BCUT2D eigenvalue weighted by molar-refractivity contribution is 6.35. The number of aromatic nitrogens is 2. The summed E-state index contributed by atoms with van der Waals surface area (Å²) >= 11 is 12.0. The molecule has 2 amide bonds. The Hall–Kier alpha value is -2.50. The number of carbonyl (C=O) groups is 1. The van der Waals surface area contributed by atoms with Crippen LogP contribution in [0.1, 0.15) is 18.5 Å². The molecule has 27 heavy (non-hydrogen) atoms. The molecule has 138 valence electrons. The van der Waals surface area contributed by atoms with Gasteiger partial charge in [-0.25, -0.2) is 9.48 Å². The van der Waals surface area contributed by atoms with Crippen molar-refractivity contribution >= 4 is 40.7 Å². The molecule has 1 saturated carbocycles. The number of amides is 2. The fourth-order valence-electron chi connectivity index (χ4n) is 2.91. The van der Waals surface area contributed by atoms with Crippen LogP contribution < -0.4 is 10.6 Å². The molecule has 0 aliphatic heterocycles. The summed E-state index contributed by atoms with van der Waals surface area (Å²) in [7, 11) is 0. The topological polar surface area (TPSA) is 59.0 Å². The zero-order chi connectivity index (χ0) is 18.8. The first-order chi connectivity index (χ1) is 13.1. The highest BCUT2D eigenvalue weighted by Gasteiger charge is 2.24. The number of hydrogen-bond donors (Lipinski definition) is 2. The Bertz CT molecular complexity index is 947. The second-order valence-corrected chi connectivity index (χ2v) is 7.53. The van der Waals surface area contributed by atoms with E-state index < -0.39 is 0 Å². The van der Waals surface area contributed by atoms with E-state index in [-0.39, 0.29) is 6.03 Å². The van der Waals surface area contributed by atoms with Gasteiger partial charge in [0.05, 0.1) is 11.4 Å². The van der Waals surface area contributed by atoms with Crippen LogP contribution in [0.5, 0.6) is 0 Å². The maximum Gasteiger partial charge on any atom is 0.324 e. The van der Waals surface area contributed by atoms with Gasteiger partial charge in [0.25, 0.3) is 0 Å². The van der Waals surface area contributed by atoms with E-state index in [2.05, 4.69) is 15.7 Å². The number of anilines is 2. The number of halogens is 2. The summed E-state index contributed by atoms with van der Waals surface area (Å²) in [6, 6.07) is 16.2. The Balaban J connectivity index is 1.56. The third-order valence-corrected chi connectivity index (χ3v) is 4.75. The van der Waals surface area contributed by atoms with Gasteiger partial charge >= 0.3 is 6.03 Å².